The number of nitrogens with one attached hydrogen (secondary N) is 1. The zero-order chi connectivity index (χ0) is 18.5. The van der Waals surface area contributed by atoms with Crippen molar-refractivity contribution in [2.75, 3.05) is 5.75 Å². The number of halogens is 1. The van der Waals surface area contributed by atoms with E-state index in [0.717, 1.165) is 38.5 Å². The first-order chi connectivity index (χ1) is 12.6. The van der Waals surface area contributed by atoms with Crippen LogP contribution in [0.5, 0.6) is 0 Å². The number of carbonyl (C=O) groups is 1. The van der Waals surface area contributed by atoms with Gasteiger partial charge in [-0.3, -0.25) is 4.79 Å². The van der Waals surface area contributed by atoms with Crippen molar-refractivity contribution in [3.63, 3.8) is 0 Å². The summed E-state index contributed by atoms with van der Waals surface area (Å²) in [6, 6.07) is 15.8. The second-order valence-electron chi connectivity index (χ2n) is 5.66. The highest BCUT2D eigenvalue weighted by atomic mass is 79.9. The highest BCUT2D eigenvalue weighted by Crippen LogP contribution is 2.23. The van der Waals surface area contributed by atoms with Gasteiger partial charge in [0.05, 0.1) is 22.5 Å². The number of hydrazone groups is 1. The number of thioether (sulfide) groups is 1. The van der Waals surface area contributed by atoms with Gasteiger partial charge in [0.2, 0.25) is 0 Å². The first-order valence-corrected chi connectivity index (χ1v) is 10.0. The second kappa shape index (κ2) is 8.51. The minimum Gasteiger partial charge on any atom is -0.319 e. The molecule has 0 bridgehead atoms. The standard InChI is InChI=1S/C19H19BrN4OS/c1-3-24-17-7-5-4-6-16(17)21-19(24)26-12-18(25)23-22-13(2)14-8-10-15(20)11-9-14/h4-11H,3,12H2,1-2H3,(H,23,25). The van der Waals surface area contributed by atoms with Gasteiger partial charge in [-0.05, 0) is 43.7 Å². The molecule has 5 nitrogen and oxygen atoms in total. The Hall–Kier alpha value is -2.12. The molecular formula is C19H19BrN4OS. The van der Waals surface area contributed by atoms with Crippen LogP contribution in [0.1, 0.15) is 19.4 Å². The predicted molar refractivity (Wildman–Crippen MR) is 111 cm³/mol. The summed E-state index contributed by atoms with van der Waals surface area (Å²) in [6.45, 7) is 4.75. The monoisotopic (exact) mass is 430 g/mol. The van der Waals surface area contributed by atoms with Crippen molar-refractivity contribution in [1.82, 2.24) is 15.0 Å². The molecule has 0 unspecified atom stereocenters. The molecule has 0 saturated carbocycles. The third-order valence-electron chi connectivity index (χ3n) is 3.88. The summed E-state index contributed by atoms with van der Waals surface area (Å²) >= 11 is 4.82. The van der Waals surface area contributed by atoms with Crippen molar-refractivity contribution in [1.29, 1.82) is 0 Å². The molecule has 7 heteroatoms. The summed E-state index contributed by atoms with van der Waals surface area (Å²) in [7, 11) is 0. The van der Waals surface area contributed by atoms with E-state index in [4.69, 9.17) is 0 Å². The first kappa shape index (κ1) is 18.7. The number of aryl methyl sites for hydroxylation is 1. The number of amides is 1. The Morgan fingerprint density at radius 3 is 2.69 bits per heavy atom. The average Bonchev–Trinajstić information content (AvgIpc) is 3.02. The zero-order valence-electron chi connectivity index (χ0n) is 14.6. The number of fused-ring (bicyclic) bond motifs is 1. The van der Waals surface area contributed by atoms with E-state index >= 15 is 0 Å². The minimum atomic E-state index is -0.152. The lowest BCUT2D eigenvalue weighted by molar-refractivity contribution is -0.118. The number of para-hydroxylation sites is 2. The molecule has 3 aromatic rings. The Bertz CT molecular complexity index is 950. The van der Waals surface area contributed by atoms with E-state index in [1.807, 2.05) is 55.5 Å². The largest absolute Gasteiger partial charge is 0.319 e. The van der Waals surface area contributed by atoms with Gasteiger partial charge in [-0.15, -0.1) is 0 Å². The van der Waals surface area contributed by atoms with Crippen LogP contribution in [0.4, 0.5) is 0 Å². The molecule has 1 amide bonds. The maximum atomic E-state index is 12.1. The molecule has 26 heavy (non-hydrogen) atoms. The third-order valence-corrected chi connectivity index (χ3v) is 5.38. The molecule has 1 N–H and O–H groups in total. The Morgan fingerprint density at radius 2 is 1.96 bits per heavy atom. The number of imidazole rings is 1. The minimum absolute atomic E-state index is 0.152. The van der Waals surface area contributed by atoms with Crippen molar-refractivity contribution >= 4 is 50.3 Å². The fourth-order valence-corrected chi connectivity index (χ4v) is 3.67. The van der Waals surface area contributed by atoms with Gasteiger partial charge in [0.15, 0.2) is 5.16 Å². The number of hydrogen-bond acceptors (Lipinski definition) is 4. The normalized spacial score (nSPS) is 11.7. The highest BCUT2D eigenvalue weighted by Gasteiger charge is 2.11. The summed E-state index contributed by atoms with van der Waals surface area (Å²) in [5.41, 5.74) is 6.37. The summed E-state index contributed by atoms with van der Waals surface area (Å²) in [4.78, 5) is 16.7. The van der Waals surface area contributed by atoms with Crippen LogP contribution in [-0.4, -0.2) is 26.9 Å². The van der Waals surface area contributed by atoms with Gasteiger partial charge in [-0.25, -0.2) is 10.4 Å². The van der Waals surface area contributed by atoms with E-state index in [1.54, 1.807) is 0 Å². The number of benzene rings is 2. The van der Waals surface area contributed by atoms with Crippen molar-refractivity contribution in [3.8, 4) is 0 Å². The van der Waals surface area contributed by atoms with Gasteiger partial charge >= 0.3 is 0 Å². The molecule has 1 aromatic heterocycles. The molecular weight excluding hydrogens is 412 g/mol. The van der Waals surface area contributed by atoms with E-state index in [2.05, 4.69) is 42.9 Å². The summed E-state index contributed by atoms with van der Waals surface area (Å²) in [5, 5.41) is 5.03. The molecule has 2 aromatic carbocycles. The van der Waals surface area contributed by atoms with Crippen molar-refractivity contribution in [2.24, 2.45) is 5.10 Å². The first-order valence-electron chi connectivity index (χ1n) is 8.25. The maximum absolute atomic E-state index is 12.1. The van der Waals surface area contributed by atoms with Crippen LogP contribution in [0.3, 0.4) is 0 Å². The molecule has 1 heterocycles. The molecule has 0 atom stereocenters. The van der Waals surface area contributed by atoms with E-state index in [1.165, 1.54) is 11.8 Å². The number of rotatable bonds is 6. The van der Waals surface area contributed by atoms with Crippen LogP contribution in [0.15, 0.2) is 63.3 Å². The topological polar surface area (TPSA) is 59.3 Å². The Balaban J connectivity index is 1.62. The molecule has 0 aliphatic heterocycles. The van der Waals surface area contributed by atoms with Crippen molar-refractivity contribution < 1.29 is 4.79 Å². The summed E-state index contributed by atoms with van der Waals surface area (Å²) in [6.07, 6.45) is 0. The number of carbonyl (C=O) groups excluding carboxylic acids is 1. The van der Waals surface area contributed by atoms with Crippen LogP contribution in [-0.2, 0) is 11.3 Å². The van der Waals surface area contributed by atoms with Crippen LogP contribution < -0.4 is 5.43 Å². The second-order valence-corrected chi connectivity index (χ2v) is 7.51. The van der Waals surface area contributed by atoms with E-state index < -0.39 is 0 Å². The predicted octanol–water partition coefficient (Wildman–Crippen LogP) is 4.45. The van der Waals surface area contributed by atoms with Crippen LogP contribution in [0.25, 0.3) is 11.0 Å². The summed E-state index contributed by atoms with van der Waals surface area (Å²) in [5.74, 6) is 0.113. The van der Waals surface area contributed by atoms with Gasteiger partial charge in [0.25, 0.3) is 5.91 Å². The Kier molecular flexibility index (Phi) is 6.11. The molecule has 0 spiro atoms. The van der Waals surface area contributed by atoms with Crippen LogP contribution in [0.2, 0.25) is 0 Å². The van der Waals surface area contributed by atoms with E-state index in [0.29, 0.717) is 0 Å². The quantitative estimate of drug-likeness (QED) is 0.356. The molecule has 3 rings (SSSR count). The molecule has 134 valence electrons. The Morgan fingerprint density at radius 1 is 1.23 bits per heavy atom. The van der Waals surface area contributed by atoms with Gasteiger partial charge in [-0.1, -0.05) is 52.0 Å². The lowest BCUT2D eigenvalue weighted by atomic mass is 10.1. The van der Waals surface area contributed by atoms with Crippen molar-refractivity contribution in [3.05, 3.63) is 58.6 Å². The fraction of sp³-hybridized carbons (Fsp3) is 0.211. The third kappa shape index (κ3) is 4.34. The number of aromatic nitrogens is 2. The van der Waals surface area contributed by atoms with Gasteiger partial charge in [0.1, 0.15) is 0 Å². The maximum Gasteiger partial charge on any atom is 0.250 e. The molecule has 0 aliphatic carbocycles. The molecule has 0 radical (unpaired) electrons. The SMILES string of the molecule is CCn1c(SCC(=O)NN=C(C)c2ccc(Br)cc2)nc2ccccc21. The van der Waals surface area contributed by atoms with Gasteiger partial charge in [-0.2, -0.15) is 5.10 Å². The van der Waals surface area contributed by atoms with E-state index in [-0.39, 0.29) is 11.7 Å². The van der Waals surface area contributed by atoms with Crippen molar-refractivity contribution in [2.45, 2.75) is 25.5 Å². The number of hydrogen-bond donors (Lipinski definition) is 1. The molecule has 0 saturated heterocycles. The van der Waals surface area contributed by atoms with Gasteiger partial charge < -0.3 is 4.57 Å². The average molecular weight is 431 g/mol. The molecule has 0 aliphatic rings. The lowest BCUT2D eigenvalue weighted by Crippen LogP contribution is -2.21. The van der Waals surface area contributed by atoms with Gasteiger partial charge in [0, 0.05) is 11.0 Å². The summed E-state index contributed by atoms with van der Waals surface area (Å²) < 4.78 is 3.12. The van der Waals surface area contributed by atoms with E-state index in [9.17, 15) is 4.79 Å². The van der Waals surface area contributed by atoms with Crippen LogP contribution >= 0.6 is 27.7 Å². The Labute approximate surface area is 165 Å². The number of nitrogens with zero attached hydrogens (tertiary/aromatic N) is 3. The smallest absolute Gasteiger partial charge is 0.250 e. The van der Waals surface area contributed by atoms with Crippen LogP contribution in [0, 0.1) is 0 Å². The lowest BCUT2D eigenvalue weighted by Gasteiger charge is -2.05. The highest BCUT2D eigenvalue weighted by molar-refractivity contribution is 9.10. The fourth-order valence-electron chi connectivity index (χ4n) is 2.53. The molecule has 0 fully saturated rings. The zero-order valence-corrected chi connectivity index (χ0v) is 17.0.